The number of carbonyl (C=O) groups is 1. The van der Waals surface area contributed by atoms with E-state index in [1.807, 2.05) is 13.8 Å². The Kier molecular flexibility index (Phi) is 2.91. The van der Waals surface area contributed by atoms with Crippen LogP contribution in [-0.2, 0) is 12.8 Å². The Labute approximate surface area is 78.9 Å². The topological polar surface area (TPSA) is 30.2 Å². The van der Waals surface area contributed by atoms with Crippen LogP contribution in [-0.4, -0.2) is 5.78 Å². The Bertz CT molecular complexity index is 321. The molecule has 2 nitrogen and oxygen atoms in total. The zero-order valence-corrected chi connectivity index (χ0v) is 8.73. The smallest absolute Gasteiger partial charge is 0.163 e. The maximum absolute atomic E-state index is 11.3. The fourth-order valence-electron chi connectivity index (χ4n) is 1.77. The van der Waals surface area contributed by atoms with E-state index in [1.165, 1.54) is 0 Å². The Hall–Kier alpha value is -1.05. The van der Waals surface area contributed by atoms with Crippen LogP contribution in [0.5, 0.6) is 0 Å². The van der Waals surface area contributed by atoms with E-state index in [4.69, 9.17) is 4.42 Å². The molecule has 1 rings (SSSR count). The lowest BCUT2D eigenvalue weighted by atomic mass is 10.0. The minimum absolute atomic E-state index is 0.109. The Morgan fingerprint density at radius 1 is 1.31 bits per heavy atom. The van der Waals surface area contributed by atoms with E-state index < -0.39 is 0 Å². The summed E-state index contributed by atoms with van der Waals surface area (Å²) < 4.78 is 5.53. The molecule has 0 spiro atoms. The lowest BCUT2D eigenvalue weighted by molar-refractivity contribution is 0.101. The predicted molar refractivity (Wildman–Crippen MR) is 52.2 cm³/mol. The minimum atomic E-state index is 0.109. The Morgan fingerprint density at radius 2 is 1.92 bits per heavy atom. The molecule has 0 aliphatic carbocycles. The lowest BCUT2D eigenvalue weighted by Gasteiger charge is -1.97. The molecule has 1 aromatic rings. The summed E-state index contributed by atoms with van der Waals surface area (Å²) in [7, 11) is 0. The summed E-state index contributed by atoms with van der Waals surface area (Å²) in [6.07, 6.45) is 1.73. The second kappa shape index (κ2) is 3.77. The molecule has 0 aliphatic rings. The lowest BCUT2D eigenvalue weighted by Crippen LogP contribution is -1.98. The number of furan rings is 1. The van der Waals surface area contributed by atoms with Gasteiger partial charge in [-0.05, 0) is 20.3 Å². The third-order valence-corrected chi connectivity index (χ3v) is 2.29. The number of hydrogen-bond acceptors (Lipinski definition) is 2. The SMILES string of the molecule is CCc1oc(C)c(C(C)=O)c1CC. The monoisotopic (exact) mass is 180 g/mol. The van der Waals surface area contributed by atoms with Gasteiger partial charge in [0.05, 0.1) is 5.56 Å². The third-order valence-electron chi connectivity index (χ3n) is 2.29. The molecule has 2 heteroatoms. The summed E-state index contributed by atoms with van der Waals surface area (Å²) in [5.41, 5.74) is 1.88. The second-order valence-corrected chi connectivity index (χ2v) is 3.20. The zero-order chi connectivity index (χ0) is 10.0. The van der Waals surface area contributed by atoms with Gasteiger partial charge < -0.3 is 4.42 Å². The van der Waals surface area contributed by atoms with Gasteiger partial charge in [-0.15, -0.1) is 0 Å². The van der Waals surface area contributed by atoms with Gasteiger partial charge in [0, 0.05) is 12.0 Å². The van der Waals surface area contributed by atoms with Crippen LogP contribution in [0, 0.1) is 6.92 Å². The molecule has 0 amide bonds. The first-order chi connectivity index (χ1) is 6.11. The molecule has 0 aliphatic heterocycles. The number of Topliss-reactive ketones (excluding diaryl/α,β-unsaturated/α-hetero) is 1. The molecule has 0 bridgehead atoms. The summed E-state index contributed by atoms with van der Waals surface area (Å²) in [4.78, 5) is 11.3. The molecule has 0 radical (unpaired) electrons. The number of rotatable bonds is 3. The fraction of sp³-hybridized carbons (Fsp3) is 0.545. The highest BCUT2D eigenvalue weighted by molar-refractivity contribution is 5.96. The van der Waals surface area contributed by atoms with Crippen molar-refractivity contribution in [3.63, 3.8) is 0 Å². The molecule has 0 saturated carbocycles. The summed E-state index contributed by atoms with van der Waals surface area (Å²) in [5.74, 6) is 1.84. The first-order valence-corrected chi connectivity index (χ1v) is 4.73. The van der Waals surface area contributed by atoms with Gasteiger partial charge in [-0.3, -0.25) is 4.79 Å². The molecule has 13 heavy (non-hydrogen) atoms. The summed E-state index contributed by atoms with van der Waals surface area (Å²) >= 11 is 0. The summed E-state index contributed by atoms with van der Waals surface area (Å²) in [6.45, 7) is 7.54. The highest BCUT2D eigenvalue weighted by atomic mass is 16.3. The Balaban J connectivity index is 3.31. The van der Waals surface area contributed by atoms with Crippen molar-refractivity contribution in [2.24, 2.45) is 0 Å². The molecule has 0 unspecified atom stereocenters. The normalized spacial score (nSPS) is 10.5. The summed E-state index contributed by atoms with van der Waals surface area (Å²) in [6, 6.07) is 0. The van der Waals surface area contributed by atoms with E-state index in [2.05, 4.69) is 6.92 Å². The number of hydrogen-bond donors (Lipinski definition) is 0. The van der Waals surface area contributed by atoms with Crippen LogP contribution >= 0.6 is 0 Å². The molecule has 0 saturated heterocycles. The van der Waals surface area contributed by atoms with Gasteiger partial charge in [-0.25, -0.2) is 0 Å². The molecule has 0 atom stereocenters. The fourth-order valence-corrected chi connectivity index (χ4v) is 1.77. The average Bonchev–Trinajstić information content (AvgIpc) is 2.41. The van der Waals surface area contributed by atoms with Crippen molar-refractivity contribution in [3.05, 3.63) is 22.6 Å². The van der Waals surface area contributed by atoms with Crippen LogP contribution in [0.15, 0.2) is 4.42 Å². The molecule has 0 aromatic carbocycles. The van der Waals surface area contributed by atoms with Crippen molar-refractivity contribution in [2.45, 2.75) is 40.5 Å². The summed E-state index contributed by atoms with van der Waals surface area (Å²) in [5, 5.41) is 0. The van der Waals surface area contributed by atoms with Gasteiger partial charge >= 0.3 is 0 Å². The number of ketones is 1. The van der Waals surface area contributed by atoms with Crippen molar-refractivity contribution in [1.82, 2.24) is 0 Å². The van der Waals surface area contributed by atoms with Gasteiger partial charge in [-0.2, -0.15) is 0 Å². The van der Waals surface area contributed by atoms with Crippen LogP contribution in [0.4, 0.5) is 0 Å². The maximum atomic E-state index is 11.3. The van der Waals surface area contributed by atoms with Crippen molar-refractivity contribution < 1.29 is 9.21 Å². The quantitative estimate of drug-likeness (QED) is 0.669. The van der Waals surface area contributed by atoms with Crippen LogP contribution in [0.2, 0.25) is 0 Å². The highest BCUT2D eigenvalue weighted by Gasteiger charge is 2.17. The van der Waals surface area contributed by atoms with E-state index in [0.29, 0.717) is 0 Å². The van der Waals surface area contributed by atoms with E-state index in [-0.39, 0.29) is 5.78 Å². The van der Waals surface area contributed by atoms with E-state index in [0.717, 1.165) is 35.5 Å². The zero-order valence-electron chi connectivity index (χ0n) is 8.73. The maximum Gasteiger partial charge on any atom is 0.163 e. The van der Waals surface area contributed by atoms with Crippen molar-refractivity contribution in [3.8, 4) is 0 Å². The molecule has 1 aromatic heterocycles. The molecule has 1 heterocycles. The third kappa shape index (κ3) is 1.67. The van der Waals surface area contributed by atoms with Gasteiger partial charge in [-0.1, -0.05) is 13.8 Å². The molecule has 72 valence electrons. The molecular weight excluding hydrogens is 164 g/mol. The number of aryl methyl sites for hydroxylation is 2. The van der Waals surface area contributed by atoms with Gasteiger partial charge in [0.25, 0.3) is 0 Å². The van der Waals surface area contributed by atoms with Crippen LogP contribution in [0.1, 0.15) is 48.2 Å². The van der Waals surface area contributed by atoms with E-state index >= 15 is 0 Å². The van der Waals surface area contributed by atoms with Crippen molar-refractivity contribution in [1.29, 1.82) is 0 Å². The molecule has 0 N–H and O–H groups in total. The largest absolute Gasteiger partial charge is 0.465 e. The first kappa shape index (κ1) is 10.0. The number of carbonyl (C=O) groups excluding carboxylic acids is 1. The second-order valence-electron chi connectivity index (χ2n) is 3.20. The van der Waals surface area contributed by atoms with Crippen molar-refractivity contribution in [2.75, 3.05) is 0 Å². The van der Waals surface area contributed by atoms with E-state index in [9.17, 15) is 4.79 Å². The van der Waals surface area contributed by atoms with Gasteiger partial charge in [0.1, 0.15) is 11.5 Å². The minimum Gasteiger partial charge on any atom is -0.465 e. The van der Waals surface area contributed by atoms with Crippen molar-refractivity contribution >= 4 is 5.78 Å². The van der Waals surface area contributed by atoms with E-state index in [1.54, 1.807) is 6.92 Å². The van der Waals surface area contributed by atoms with Crippen LogP contribution < -0.4 is 0 Å². The Morgan fingerprint density at radius 3 is 2.31 bits per heavy atom. The van der Waals surface area contributed by atoms with Crippen LogP contribution in [0.25, 0.3) is 0 Å². The van der Waals surface area contributed by atoms with Gasteiger partial charge in [0.2, 0.25) is 0 Å². The van der Waals surface area contributed by atoms with Gasteiger partial charge in [0.15, 0.2) is 5.78 Å². The molecule has 0 fully saturated rings. The van der Waals surface area contributed by atoms with Crippen LogP contribution in [0.3, 0.4) is 0 Å². The standard InChI is InChI=1S/C11H16O2/c1-5-9-10(6-2)13-8(4)11(9)7(3)12/h5-6H2,1-4H3. The average molecular weight is 180 g/mol. The predicted octanol–water partition coefficient (Wildman–Crippen LogP) is 2.92. The highest BCUT2D eigenvalue weighted by Crippen LogP contribution is 2.23. The molecular formula is C11H16O2. The first-order valence-electron chi connectivity index (χ1n) is 4.73.